The van der Waals surface area contributed by atoms with Crippen molar-refractivity contribution in [3.63, 3.8) is 0 Å². The van der Waals surface area contributed by atoms with Gasteiger partial charge in [-0.25, -0.2) is 9.97 Å². The van der Waals surface area contributed by atoms with E-state index < -0.39 is 0 Å². The molecule has 19 heavy (non-hydrogen) atoms. The van der Waals surface area contributed by atoms with Crippen molar-refractivity contribution in [2.24, 2.45) is 5.41 Å². The number of anilines is 1. The first kappa shape index (κ1) is 12.9. The van der Waals surface area contributed by atoms with Gasteiger partial charge in [-0.15, -0.1) is 0 Å². The summed E-state index contributed by atoms with van der Waals surface area (Å²) in [5.41, 5.74) is 3.07. The Labute approximate surface area is 116 Å². The maximum Gasteiger partial charge on any atom is 0.133 e. The molecule has 1 aromatic rings. The molecular formula is C16H25N3. The van der Waals surface area contributed by atoms with Crippen molar-refractivity contribution in [2.75, 3.05) is 5.32 Å². The van der Waals surface area contributed by atoms with Gasteiger partial charge < -0.3 is 5.32 Å². The first-order valence-electron chi connectivity index (χ1n) is 7.76. The fourth-order valence-electron chi connectivity index (χ4n) is 3.58. The van der Waals surface area contributed by atoms with Crippen LogP contribution in [0.5, 0.6) is 0 Å². The Morgan fingerprint density at radius 1 is 1.11 bits per heavy atom. The van der Waals surface area contributed by atoms with Gasteiger partial charge in [-0.05, 0) is 43.9 Å². The monoisotopic (exact) mass is 259 g/mol. The van der Waals surface area contributed by atoms with Crippen LogP contribution in [0.3, 0.4) is 0 Å². The first-order valence-corrected chi connectivity index (χ1v) is 7.76. The molecule has 2 aliphatic carbocycles. The minimum Gasteiger partial charge on any atom is -0.366 e. The number of aryl methyl sites for hydroxylation is 1. The minimum atomic E-state index is 0.391. The van der Waals surface area contributed by atoms with Crippen LogP contribution in [-0.4, -0.2) is 16.0 Å². The molecule has 0 radical (unpaired) electrons. The van der Waals surface area contributed by atoms with Crippen LogP contribution in [0.15, 0.2) is 6.33 Å². The highest BCUT2D eigenvalue weighted by Gasteiger charge is 2.35. The van der Waals surface area contributed by atoms with Crippen molar-refractivity contribution in [3.05, 3.63) is 17.6 Å². The molecule has 1 N–H and O–H groups in total. The SMILES string of the molecule is CC1(C)CCCC1Nc1ncnc2c1CCCCC2. The van der Waals surface area contributed by atoms with Crippen LogP contribution in [-0.2, 0) is 12.8 Å². The van der Waals surface area contributed by atoms with Gasteiger partial charge in [0, 0.05) is 17.3 Å². The number of rotatable bonds is 2. The maximum absolute atomic E-state index is 4.54. The smallest absolute Gasteiger partial charge is 0.133 e. The third-order valence-electron chi connectivity index (χ3n) is 4.94. The fourth-order valence-corrected chi connectivity index (χ4v) is 3.58. The Morgan fingerprint density at radius 2 is 1.95 bits per heavy atom. The van der Waals surface area contributed by atoms with Crippen LogP contribution in [0.1, 0.15) is 63.6 Å². The number of nitrogens with zero attached hydrogens (tertiary/aromatic N) is 2. The third kappa shape index (κ3) is 2.60. The second-order valence-corrected chi connectivity index (χ2v) is 6.79. The number of hydrogen-bond donors (Lipinski definition) is 1. The van der Waals surface area contributed by atoms with Crippen LogP contribution >= 0.6 is 0 Å². The summed E-state index contributed by atoms with van der Waals surface area (Å²) in [6, 6.07) is 0.565. The first-order chi connectivity index (χ1) is 9.17. The van der Waals surface area contributed by atoms with Crippen molar-refractivity contribution in [3.8, 4) is 0 Å². The zero-order chi connectivity index (χ0) is 13.3. The Morgan fingerprint density at radius 3 is 2.74 bits per heavy atom. The van der Waals surface area contributed by atoms with Crippen molar-refractivity contribution in [1.82, 2.24) is 9.97 Å². The predicted octanol–water partition coefficient (Wildman–Crippen LogP) is 3.74. The summed E-state index contributed by atoms with van der Waals surface area (Å²) in [6.45, 7) is 4.75. The molecule has 1 saturated carbocycles. The molecule has 0 saturated heterocycles. The van der Waals surface area contributed by atoms with E-state index in [1.165, 1.54) is 49.8 Å². The van der Waals surface area contributed by atoms with Crippen molar-refractivity contribution < 1.29 is 0 Å². The summed E-state index contributed by atoms with van der Waals surface area (Å²) in [5.74, 6) is 1.12. The summed E-state index contributed by atoms with van der Waals surface area (Å²) in [6.07, 6.45) is 11.8. The quantitative estimate of drug-likeness (QED) is 0.822. The summed E-state index contributed by atoms with van der Waals surface area (Å²) < 4.78 is 0. The topological polar surface area (TPSA) is 37.8 Å². The number of nitrogens with one attached hydrogen (secondary N) is 1. The molecule has 0 amide bonds. The van der Waals surface area contributed by atoms with E-state index in [1.54, 1.807) is 6.33 Å². The van der Waals surface area contributed by atoms with Gasteiger partial charge in [0.2, 0.25) is 0 Å². The van der Waals surface area contributed by atoms with E-state index in [2.05, 4.69) is 29.1 Å². The molecule has 1 unspecified atom stereocenters. The van der Waals surface area contributed by atoms with Crippen LogP contribution in [0, 0.1) is 5.41 Å². The highest BCUT2D eigenvalue weighted by Crippen LogP contribution is 2.39. The lowest BCUT2D eigenvalue weighted by Gasteiger charge is -2.29. The molecular weight excluding hydrogens is 234 g/mol. The predicted molar refractivity (Wildman–Crippen MR) is 78.3 cm³/mol. The number of aromatic nitrogens is 2. The average Bonchev–Trinajstić information content (AvgIpc) is 2.61. The van der Waals surface area contributed by atoms with E-state index in [1.807, 2.05) is 0 Å². The molecule has 0 spiro atoms. The lowest BCUT2D eigenvalue weighted by molar-refractivity contribution is 0.349. The molecule has 104 valence electrons. The fraction of sp³-hybridized carbons (Fsp3) is 0.750. The Kier molecular flexibility index (Phi) is 3.46. The van der Waals surface area contributed by atoms with Crippen LogP contribution < -0.4 is 5.32 Å². The molecule has 3 nitrogen and oxygen atoms in total. The molecule has 1 heterocycles. The molecule has 2 aliphatic rings. The molecule has 1 atom stereocenters. The standard InChI is InChI=1S/C16H25N3/c1-16(2)10-6-9-14(16)19-15-12-7-4-3-5-8-13(12)17-11-18-15/h11,14H,3-10H2,1-2H3,(H,17,18,19). The Hall–Kier alpha value is -1.12. The largest absolute Gasteiger partial charge is 0.366 e. The van der Waals surface area contributed by atoms with Gasteiger partial charge in [-0.3, -0.25) is 0 Å². The molecule has 1 fully saturated rings. The minimum absolute atomic E-state index is 0.391. The maximum atomic E-state index is 4.54. The number of fused-ring (bicyclic) bond motifs is 1. The molecule has 0 aliphatic heterocycles. The molecule has 1 aromatic heterocycles. The van der Waals surface area contributed by atoms with Crippen LogP contribution in [0.2, 0.25) is 0 Å². The van der Waals surface area contributed by atoms with Gasteiger partial charge in [0.05, 0.1) is 0 Å². The van der Waals surface area contributed by atoms with E-state index >= 15 is 0 Å². The van der Waals surface area contributed by atoms with E-state index in [0.29, 0.717) is 11.5 Å². The van der Waals surface area contributed by atoms with E-state index in [4.69, 9.17) is 0 Å². The molecule has 3 rings (SSSR count). The zero-order valence-corrected chi connectivity index (χ0v) is 12.2. The second-order valence-electron chi connectivity index (χ2n) is 6.79. The molecule has 0 aromatic carbocycles. The van der Waals surface area contributed by atoms with E-state index in [-0.39, 0.29) is 0 Å². The highest BCUT2D eigenvalue weighted by molar-refractivity contribution is 5.47. The Balaban J connectivity index is 1.85. The van der Waals surface area contributed by atoms with Crippen molar-refractivity contribution in [1.29, 1.82) is 0 Å². The van der Waals surface area contributed by atoms with Crippen molar-refractivity contribution >= 4 is 5.82 Å². The average molecular weight is 259 g/mol. The second kappa shape index (κ2) is 5.10. The van der Waals surface area contributed by atoms with E-state index in [0.717, 1.165) is 18.7 Å². The molecule has 3 heteroatoms. The van der Waals surface area contributed by atoms with E-state index in [9.17, 15) is 0 Å². The number of hydrogen-bond acceptors (Lipinski definition) is 3. The molecule has 0 bridgehead atoms. The summed E-state index contributed by atoms with van der Waals surface area (Å²) in [5, 5.41) is 3.74. The summed E-state index contributed by atoms with van der Waals surface area (Å²) in [4.78, 5) is 9.04. The lowest BCUT2D eigenvalue weighted by Crippen LogP contribution is -2.31. The highest BCUT2D eigenvalue weighted by atomic mass is 15.1. The van der Waals surface area contributed by atoms with Gasteiger partial charge in [0.1, 0.15) is 12.1 Å². The summed E-state index contributed by atoms with van der Waals surface area (Å²) in [7, 11) is 0. The van der Waals surface area contributed by atoms with Crippen LogP contribution in [0.25, 0.3) is 0 Å². The van der Waals surface area contributed by atoms with Gasteiger partial charge in [0.15, 0.2) is 0 Å². The Bertz CT molecular complexity index is 453. The summed E-state index contributed by atoms with van der Waals surface area (Å²) >= 11 is 0. The van der Waals surface area contributed by atoms with Gasteiger partial charge in [-0.2, -0.15) is 0 Å². The van der Waals surface area contributed by atoms with Crippen molar-refractivity contribution in [2.45, 2.75) is 71.3 Å². The van der Waals surface area contributed by atoms with Gasteiger partial charge >= 0.3 is 0 Å². The third-order valence-corrected chi connectivity index (χ3v) is 4.94. The lowest BCUT2D eigenvalue weighted by atomic mass is 9.87. The van der Waals surface area contributed by atoms with Gasteiger partial charge in [0.25, 0.3) is 0 Å². The normalized spacial score (nSPS) is 25.7. The van der Waals surface area contributed by atoms with Crippen LogP contribution in [0.4, 0.5) is 5.82 Å². The zero-order valence-electron chi connectivity index (χ0n) is 12.2. The van der Waals surface area contributed by atoms with Gasteiger partial charge in [-0.1, -0.05) is 26.7 Å².